The molecule has 1 heterocycles. The highest BCUT2D eigenvalue weighted by molar-refractivity contribution is 7.15. The molecule has 0 aliphatic rings. The number of aryl methyl sites for hydroxylation is 1. The molecule has 1 aromatic heterocycles. The zero-order chi connectivity index (χ0) is 16.9. The molecule has 0 saturated carbocycles. The number of benzene rings is 2. The summed E-state index contributed by atoms with van der Waals surface area (Å²) >= 11 is 7.69. The van der Waals surface area contributed by atoms with E-state index in [1.165, 1.54) is 22.5 Å². The van der Waals surface area contributed by atoms with E-state index >= 15 is 0 Å². The number of amides is 1. The lowest BCUT2D eigenvalue weighted by Gasteiger charge is -2.08. The van der Waals surface area contributed by atoms with Crippen LogP contribution in [0.25, 0.3) is 0 Å². The molecule has 24 heavy (non-hydrogen) atoms. The van der Waals surface area contributed by atoms with E-state index in [1.54, 1.807) is 6.20 Å². The van der Waals surface area contributed by atoms with Gasteiger partial charge in [-0.1, -0.05) is 60.2 Å². The van der Waals surface area contributed by atoms with Crippen molar-refractivity contribution in [2.45, 2.75) is 18.7 Å². The standard InChI is InChI=1S/C19H17ClN2OS/c1-13-7-9-14(10-8-13)11-16-12-21-19(24-16)22-18(23)17(20)15-5-3-2-4-6-15/h2-10,12,17H,11H2,1H3,(H,21,22,23)/t17-/m0/s1. The number of nitrogens with zero attached hydrogens (tertiary/aromatic N) is 1. The maximum atomic E-state index is 12.2. The quantitative estimate of drug-likeness (QED) is 0.656. The summed E-state index contributed by atoms with van der Waals surface area (Å²) in [6.07, 6.45) is 2.60. The van der Waals surface area contributed by atoms with Crippen molar-refractivity contribution in [1.29, 1.82) is 0 Å². The second kappa shape index (κ2) is 7.60. The summed E-state index contributed by atoms with van der Waals surface area (Å²) in [4.78, 5) is 17.6. The van der Waals surface area contributed by atoms with Gasteiger partial charge in [-0.2, -0.15) is 0 Å². The van der Waals surface area contributed by atoms with Crippen LogP contribution in [-0.2, 0) is 11.2 Å². The molecule has 0 saturated heterocycles. The maximum absolute atomic E-state index is 12.2. The first-order chi connectivity index (χ1) is 11.6. The molecule has 2 aromatic carbocycles. The summed E-state index contributed by atoms with van der Waals surface area (Å²) in [5.41, 5.74) is 3.24. The second-order valence-electron chi connectivity index (χ2n) is 5.56. The van der Waals surface area contributed by atoms with Gasteiger partial charge in [-0.25, -0.2) is 4.98 Å². The molecule has 1 N–H and O–H groups in total. The fourth-order valence-electron chi connectivity index (χ4n) is 2.30. The van der Waals surface area contributed by atoms with Gasteiger partial charge < -0.3 is 5.32 Å². The van der Waals surface area contributed by atoms with E-state index in [0.717, 1.165) is 16.9 Å². The van der Waals surface area contributed by atoms with Crippen molar-refractivity contribution < 1.29 is 4.79 Å². The topological polar surface area (TPSA) is 42.0 Å². The summed E-state index contributed by atoms with van der Waals surface area (Å²) in [7, 11) is 0. The van der Waals surface area contributed by atoms with Crippen LogP contribution >= 0.6 is 22.9 Å². The van der Waals surface area contributed by atoms with Crippen molar-refractivity contribution in [3.8, 4) is 0 Å². The number of anilines is 1. The predicted octanol–water partition coefficient (Wildman–Crippen LogP) is 4.96. The number of nitrogens with one attached hydrogen (secondary N) is 1. The minimum atomic E-state index is -0.726. The molecule has 0 radical (unpaired) electrons. The molecule has 0 spiro atoms. The fourth-order valence-corrected chi connectivity index (χ4v) is 3.35. The average molecular weight is 357 g/mol. The third-order valence-corrected chi connectivity index (χ3v) is 4.97. The molecule has 0 aliphatic heterocycles. The Morgan fingerprint density at radius 1 is 1.17 bits per heavy atom. The summed E-state index contributed by atoms with van der Waals surface area (Å²) in [5, 5.41) is 2.64. The normalized spacial score (nSPS) is 11.9. The van der Waals surface area contributed by atoms with Crippen LogP contribution < -0.4 is 5.32 Å². The Morgan fingerprint density at radius 2 is 1.88 bits per heavy atom. The minimum Gasteiger partial charge on any atom is -0.300 e. The van der Waals surface area contributed by atoms with E-state index in [0.29, 0.717) is 5.13 Å². The largest absolute Gasteiger partial charge is 0.300 e. The molecular formula is C19H17ClN2OS. The van der Waals surface area contributed by atoms with Crippen LogP contribution in [-0.4, -0.2) is 10.9 Å². The SMILES string of the molecule is Cc1ccc(Cc2cnc(NC(=O)[C@@H](Cl)c3ccccc3)s2)cc1. The van der Waals surface area contributed by atoms with E-state index < -0.39 is 5.38 Å². The maximum Gasteiger partial charge on any atom is 0.248 e. The van der Waals surface area contributed by atoms with E-state index in [9.17, 15) is 4.79 Å². The summed E-state index contributed by atoms with van der Waals surface area (Å²) < 4.78 is 0. The third kappa shape index (κ3) is 4.22. The monoisotopic (exact) mass is 356 g/mol. The molecular weight excluding hydrogens is 340 g/mol. The first kappa shape index (κ1) is 16.7. The van der Waals surface area contributed by atoms with Gasteiger partial charge in [-0.05, 0) is 18.1 Å². The summed E-state index contributed by atoms with van der Waals surface area (Å²) in [6.45, 7) is 2.07. The van der Waals surface area contributed by atoms with Gasteiger partial charge in [0.2, 0.25) is 5.91 Å². The molecule has 3 rings (SSSR count). The Balaban J connectivity index is 1.63. The number of hydrogen-bond acceptors (Lipinski definition) is 3. The van der Waals surface area contributed by atoms with Gasteiger partial charge in [0.1, 0.15) is 5.38 Å². The van der Waals surface area contributed by atoms with Gasteiger partial charge in [0.25, 0.3) is 0 Å². The van der Waals surface area contributed by atoms with Gasteiger partial charge in [0.15, 0.2) is 5.13 Å². The van der Waals surface area contributed by atoms with Crippen LogP contribution in [0.2, 0.25) is 0 Å². The van der Waals surface area contributed by atoms with Crippen LogP contribution in [0, 0.1) is 6.92 Å². The van der Waals surface area contributed by atoms with Crippen molar-refractivity contribution >= 4 is 34.0 Å². The zero-order valence-electron chi connectivity index (χ0n) is 13.2. The number of aromatic nitrogens is 1. The van der Waals surface area contributed by atoms with Crippen molar-refractivity contribution in [1.82, 2.24) is 4.98 Å². The summed E-state index contributed by atoms with van der Waals surface area (Å²) in [6, 6.07) is 17.7. The van der Waals surface area contributed by atoms with E-state index in [-0.39, 0.29) is 5.91 Å². The summed E-state index contributed by atoms with van der Waals surface area (Å²) in [5.74, 6) is -0.265. The van der Waals surface area contributed by atoms with Crippen LogP contribution in [0.1, 0.15) is 26.9 Å². The number of carbonyl (C=O) groups is 1. The van der Waals surface area contributed by atoms with Crippen molar-refractivity contribution in [3.05, 3.63) is 82.4 Å². The Labute approximate surface area is 150 Å². The highest BCUT2D eigenvalue weighted by atomic mass is 35.5. The Morgan fingerprint density at radius 3 is 2.58 bits per heavy atom. The number of carbonyl (C=O) groups excluding carboxylic acids is 1. The molecule has 0 unspecified atom stereocenters. The zero-order valence-corrected chi connectivity index (χ0v) is 14.8. The van der Waals surface area contributed by atoms with Gasteiger partial charge in [0.05, 0.1) is 0 Å². The number of rotatable bonds is 5. The van der Waals surface area contributed by atoms with Gasteiger partial charge in [0, 0.05) is 17.5 Å². The van der Waals surface area contributed by atoms with Gasteiger partial charge in [-0.15, -0.1) is 22.9 Å². The average Bonchev–Trinajstić information content (AvgIpc) is 3.04. The lowest BCUT2D eigenvalue weighted by molar-refractivity contribution is -0.116. The molecule has 5 heteroatoms. The number of thiazole rings is 1. The molecule has 122 valence electrons. The first-order valence-corrected chi connectivity index (χ1v) is 8.87. The lowest BCUT2D eigenvalue weighted by Crippen LogP contribution is -2.17. The molecule has 3 nitrogen and oxygen atoms in total. The Bertz CT molecular complexity index is 815. The Kier molecular flexibility index (Phi) is 5.28. The van der Waals surface area contributed by atoms with Crippen LogP contribution in [0.5, 0.6) is 0 Å². The highest BCUT2D eigenvalue weighted by Gasteiger charge is 2.18. The van der Waals surface area contributed by atoms with Crippen molar-refractivity contribution in [3.63, 3.8) is 0 Å². The molecule has 0 aliphatic carbocycles. The minimum absolute atomic E-state index is 0.265. The predicted molar refractivity (Wildman–Crippen MR) is 99.8 cm³/mol. The number of halogens is 1. The smallest absolute Gasteiger partial charge is 0.248 e. The van der Waals surface area contributed by atoms with Crippen LogP contribution in [0.4, 0.5) is 5.13 Å². The second-order valence-corrected chi connectivity index (χ2v) is 7.11. The van der Waals surface area contributed by atoms with E-state index in [1.807, 2.05) is 30.3 Å². The van der Waals surface area contributed by atoms with Crippen molar-refractivity contribution in [2.75, 3.05) is 5.32 Å². The van der Waals surface area contributed by atoms with Crippen LogP contribution in [0.15, 0.2) is 60.8 Å². The first-order valence-electron chi connectivity index (χ1n) is 7.62. The number of hydrogen-bond donors (Lipinski definition) is 1. The van der Waals surface area contributed by atoms with Crippen LogP contribution in [0.3, 0.4) is 0 Å². The van der Waals surface area contributed by atoms with Gasteiger partial charge >= 0.3 is 0 Å². The van der Waals surface area contributed by atoms with E-state index in [4.69, 9.17) is 11.6 Å². The lowest BCUT2D eigenvalue weighted by atomic mass is 10.1. The van der Waals surface area contributed by atoms with Gasteiger partial charge in [-0.3, -0.25) is 4.79 Å². The molecule has 0 bridgehead atoms. The molecule has 1 atom stereocenters. The van der Waals surface area contributed by atoms with E-state index in [2.05, 4.69) is 41.5 Å². The Hall–Kier alpha value is -2.17. The number of alkyl halides is 1. The molecule has 0 fully saturated rings. The fraction of sp³-hybridized carbons (Fsp3) is 0.158. The molecule has 1 amide bonds. The third-order valence-electron chi connectivity index (χ3n) is 3.61. The highest BCUT2D eigenvalue weighted by Crippen LogP contribution is 2.25. The van der Waals surface area contributed by atoms with Crippen molar-refractivity contribution in [2.24, 2.45) is 0 Å². The molecule has 3 aromatic rings.